The highest BCUT2D eigenvalue weighted by Gasteiger charge is 2.35. The van der Waals surface area contributed by atoms with Crippen molar-refractivity contribution in [1.82, 2.24) is 4.57 Å². The second-order valence-electron chi connectivity index (χ2n) is 12.4. The van der Waals surface area contributed by atoms with Crippen molar-refractivity contribution in [2.24, 2.45) is 0 Å². The highest BCUT2D eigenvalue weighted by Crippen LogP contribution is 2.51. The first-order chi connectivity index (χ1) is 22.0. The summed E-state index contributed by atoms with van der Waals surface area (Å²) in [6.07, 6.45) is 0. The summed E-state index contributed by atoms with van der Waals surface area (Å²) in [5, 5.41) is 24.6. The predicted molar refractivity (Wildman–Crippen MR) is 186 cm³/mol. The minimum atomic E-state index is -0.0373. The van der Waals surface area contributed by atoms with Crippen LogP contribution in [-0.4, -0.2) is 4.57 Å². The van der Waals surface area contributed by atoms with Gasteiger partial charge < -0.3 is 4.57 Å². The molecular weight excluding hydrogens is 567 g/mol. The zero-order chi connectivity index (χ0) is 30.4. The summed E-state index contributed by atoms with van der Waals surface area (Å²) in [5.74, 6) is 0. The number of thiophene rings is 1. The van der Waals surface area contributed by atoms with Gasteiger partial charge in [0.2, 0.25) is 0 Å². The van der Waals surface area contributed by atoms with Crippen LogP contribution < -0.4 is 0 Å². The highest BCUT2D eigenvalue weighted by molar-refractivity contribution is 7.25. The van der Waals surface area contributed by atoms with Crippen LogP contribution in [0.1, 0.15) is 36.1 Å². The Bertz CT molecular complexity index is 2650. The molecule has 8 aromatic rings. The van der Waals surface area contributed by atoms with Crippen LogP contribution in [0, 0.1) is 22.7 Å². The fourth-order valence-corrected chi connectivity index (χ4v) is 8.64. The Balaban J connectivity index is 1.32. The van der Waals surface area contributed by atoms with E-state index in [9.17, 15) is 10.5 Å². The molecule has 9 rings (SSSR count). The maximum absolute atomic E-state index is 10.4. The molecule has 0 unspecified atom stereocenters. The van der Waals surface area contributed by atoms with Gasteiger partial charge in [0.25, 0.3) is 0 Å². The number of rotatable bonds is 2. The van der Waals surface area contributed by atoms with E-state index in [4.69, 9.17) is 0 Å². The van der Waals surface area contributed by atoms with Crippen molar-refractivity contribution in [1.29, 1.82) is 10.5 Å². The van der Waals surface area contributed by atoms with E-state index in [-0.39, 0.29) is 5.41 Å². The lowest BCUT2D eigenvalue weighted by Gasteiger charge is -2.21. The minimum absolute atomic E-state index is 0.0373. The molecule has 0 saturated heterocycles. The van der Waals surface area contributed by atoms with Gasteiger partial charge in [-0.25, -0.2) is 0 Å². The van der Waals surface area contributed by atoms with Gasteiger partial charge in [-0.2, -0.15) is 10.5 Å². The predicted octanol–water partition coefficient (Wildman–Crippen LogP) is 10.9. The smallest absolute Gasteiger partial charge is 0.101 e. The van der Waals surface area contributed by atoms with Gasteiger partial charge in [0.05, 0.1) is 33.9 Å². The normalized spacial score (nSPS) is 13.2. The molecule has 4 heteroatoms. The SMILES string of the molecule is CC1(C)c2ccccc2-c2cc3c(cc21)sc1ccc(-c2cccc(C#N)c2-n2c4ccccc4c4cc(C#N)ccc42)cc13. The number of nitriles is 2. The van der Waals surface area contributed by atoms with E-state index in [1.807, 2.05) is 53.8 Å². The topological polar surface area (TPSA) is 52.5 Å². The van der Waals surface area contributed by atoms with E-state index in [2.05, 4.69) is 103 Å². The van der Waals surface area contributed by atoms with Gasteiger partial charge in [-0.05, 0) is 82.4 Å². The molecule has 2 aromatic heterocycles. The molecule has 1 aliphatic rings. The molecule has 0 bridgehead atoms. The fourth-order valence-electron chi connectivity index (χ4n) is 7.53. The fraction of sp³-hybridized carbons (Fsp3) is 0.0732. The van der Waals surface area contributed by atoms with Crippen molar-refractivity contribution in [2.45, 2.75) is 19.3 Å². The summed E-state index contributed by atoms with van der Waals surface area (Å²) in [5.41, 5.74) is 11.5. The Labute approximate surface area is 264 Å². The lowest BCUT2D eigenvalue weighted by Crippen LogP contribution is -2.14. The second-order valence-corrected chi connectivity index (χ2v) is 13.5. The lowest BCUT2D eigenvalue weighted by atomic mass is 9.82. The molecule has 1 aliphatic carbocycles. The maximum Gasteiger partial charge on any atom is 0.101 e. The third kappa shape index (κ3) is 3.49. The third-order valence-corrected chi connectivity index (χ3v) is 10.8. The number of fused-ring (bicyclic) bond motifs is 9. The minimum Gasteiger partial charge on any atom is -0.307 e. The first-order valence-electron chi connectivity index (χ1n) is 15.1. The Morgan fingerprint density at radius 3 is 2.22 bits per heavy atom. The molecule has 0 atom stereocenters. The van der Waals surface area contributed by atoms with Crippen molar-refractivity contribution in [3.63, 3.8) is 0 Å². The van der Waals surface area contributed by atoms with Crippen LogP contribution >= 0.6 is 11.3 Å². The van der Waals surface area contributed by atoms with Crippen LogP contribution in [0.2, 0.25) is 0 Å². The van der Waals surface area contributed by atoms with Crippen LogP contribution in [0.3, 0.4) is 0 Å². The molecular formula is C41H25N3S. The van der Waals surface area contributed by atoms with Crippen molar-refractivity contribution in [3.05, 3.63) is 138 Å². The van der Waals surface area contributed by atoms with E-state index >= 15 is 0 Å². The number of para-hydroxylation sites is 2. The van der Waals surface area contributed by atoms with Crippen LogP contribution in [0.4, 0.5) is 0 Å². The van der Waals surface area contributed by atoms with Crippen molar-refractivity contribution in [2.75, 3.05) is 0 Å². The molecule has 0 N–H and O–H groups in total. The average Bonchev–Trinajstić information content (AvgIpc) is 3.68. The van der Waals surface area contributed by atoms with Gasteiger partial charge in [-0.3, -0.25) is 0 Å². The van der Waals surface area contributed by atoms with Gasteiger partial charge in [0, 0.05) is 41.9 Å². The standard InChI is InChI=1S/C41H25N3S/c1-41(2)34-12-5-3-9-28(34)30-20-33-32-19-25(15-17-38(32)45-39(33)21-35(30)41)27-11-7-8-26(23-43)40(27)44-36-13-6-4-10-29(36)31-18-24(22-42)14-16-37(31)44/h3-21H,1-2H3. The van der Waals surface area contributed by atoms with Crippen molar-refractivity contribution >= 4 is 53.3 Å². The van der Waals surface area contributed by atoms with E-state index < -0.39 is 0 Å². The van der Waals surface area contributed by atoms with Crippen LogP contribution in [0.15, 0.2) is 115 Å². The highest BCUT2D eigenvalue weighted by atomic mass is 32.1. The second kappa shape index (κ2) is 9.16. The first kappa shape index (κ1) is 25.8. The monoisotopic (exact) mass is 591 g/mol. The molecule has 0 aliphatic heterocycles. The maximum atomic E-state index is 10.4. The van der Waals surface area contributed by atoms with Gasteiger partial charge in [0.1, 0.15) is 6.07 Å². The number of hydrogen-bond donors (Lipinski definition) is 0. The van der Waals surface area contributed by atoms with Crippen molar-refractivity contribution < 1.29 is 0 Å². The summed E-state index contributed by atoms with van der Waals surface area (Å²) in [6, 6.07) is 45.1. The molecule has 6 aromatic carbocycles. The zero-order valence-electron chi connectivity index (χ0n) is 24.7. The van der Waals surface area contributed by atoms with Gasteiger partial charge in [0.15, 0.2) is 0 Å². The first-order valence-corrected chi connectivity index (χ1v) is 15.9. The van der Waals surface area contributed by atoms with Crippen LogP contribution in [-0.2, 0) is 5.41 Å². The van der Waals surface area contributed by atoms with Crippen LogP contribution in [0.5, 0.6) is 0 Å². The van der Waals surface area contributed by atoms with E-state index in [0.717, 1.165) is 38.6 Å². The quantitative estimate of drug-likeness (QED) is 0.201. The molecule has 210 valence electrons. The van der Waals surface area contributed by atoms with Gasteiger partial charge in [-0.1, -0.05) is 74.5 Å². The Morgan fingerprint density at radius 2 is 1.36 bits per heavy atom. The molecule has 45 heavy (non-hydrogen) atoms. The number of benzene rings is 6. The molecule has 0 spiro atoms. The summed E-state index contributed by atoms with van der Waals surface area (Å²) < 4.78 is 4.74. The van der Waals surface area contributed by atoms with E-state index in [0.29, 0.717) is 11.1 Å². The third-order valence-electron chi connectivity index (χ3n) is 9.67. The zero-order valence-corrected chi connectivity index (χ0v) is 25.5. The van der Waals surface area contributed by atoms with Gasteiger partial charge >= 0.3 is 0 Å². The summed E-state index contributed by atoms with van der Waals surface area (Å²) in [6.45, 7) is 4.66. The molecule has 3 nitrogen and oxygen atoms in total. The number of hydrogen-bond acceptors (Lipinski definition) is 3. The van der Waals surface area contributed by atoms with Crippen LogP contribution in [0.25, 0.3) is 69.9 Å². The van der Waals surface area contributed by atoms with Crippen molar-refractivity contribution in [3.8, 4) is 40.1 Å². The molecule has 0 fully saturated rings. The Hall–Kier alpha value is -5.68. The summed E-state index contributed by atoms with van der Waals surface area (Å²) in [7, 11) is 0. The lowest BCUT2D eigenvalue weighted by molar-refractivity contribution is 0.661. The molecule has 0 radical (unpaired) electrons. The molecule has 0 amide bonds. The largest absolute Gasteiger partial charge is 0.307 e. The number of nitrogens with zero attached hydrogens (tertiary/aromatic N) is 3. The van der Waals surface area contributed by atoms with E-state index in [1.54, 1.807) is 0 Å². The Kier molecular flexibility index (Phi) is 5.25. The van der Waals surface area contributed by atoms with Gasteiger partial charge in [-0.15, -0.1) is 11.3 Å². The molecule has 0 saturated carbocycles. The Morgan fingerprint density at radius 1 is 0.578 bits per heavy atom. The van der Waals surface area contributed by atoms with E-state index in [1.165, 1.54) is 42.4 Å². The molecule has 2 heterocycles. The number of aromatic nitrogens is 1. The average molecular weight is 592 g/mol. The summed E-state index contributed by atoms with van der Waals surface area (Å²) in [4.78, 5) is 0. The summed E-state index contributed by atoms with van der Waals surface area (Å²) >= 11 is 1.84.